The zero-order chi connectivity index (χ0) is 24.1. The second-order valence-electron chi connectivity index (χ2n) is 8.91. The van der Waals surface area contributed by atoms with Crippen LogP contribution in [0.15, 0.2) is 36.4 Å². The Hall–Kier alpha value is -2.27. The SMILES string of the molecule is COC(=O)CC(C(=O)C(C)(SCc1ccc(OC)cc1)C(C)C)c1c(C)cc(C)cc1C. The van der Waals surface area contributed by atoms with Crippen molar-refractivity contribution in [3.05, 3.63) is 64.2 Å². The molecule has 5 heteroatoms. The van der Waals surface area contributed by atoms with E-state index in [0.29, 0.717) is 5.75 Å². The van der Waals surface area contributed by atoms with E-state index in [2.05, 4.69) is 26.0 Å². The van der Waals surface area contributed by atoms with Gasteiger partial charge in [0.2, 0.25) is 0 Å². The van der Waals surface area contributed by atoms with Crippen LogP contribution in [-0.2, 0) is 20.1 Å². The highest BCUT2D eigenvalue weighted by molar-refractivity contribution is 8.00. The average molecular weight is 457 g/mol. The standard InChI is InChI=1S/C27H36O4S/c1-17(2)27(6,32-16-21-9-11-22(30-7)12-10-21)26(29)23(15-24(28)31-8)25-19(4)13-18(3)14-20(25)5/h9-14,17,23H,15-16H2,1-8H3. The monoisotopic (exact) mass is 456 g/mol. The highest BCUT2D eigenvalue weighted by Gasteiger charge is 2.43. The number of hydrogen-bond donors (Lipinski definition) is 0. The predicted molar refractivity (Wildman–Crippen MR) is 133 cm³/mol. The fourth-order valence-electron chi connectivity index (χ4n) is 4.14. The third kappa shape index (κ3) is 5.94. The summed E-state index contributed by atoms with van der Waals surface area (Å²) in [6.07, 6.45) is 0.0471. The van der Waals surface area contributed by atoms with Gasteiger partial charge in [-0.1, -0.05) is 43.7 Å². The summed E-state index contributed by atoms with van der Waals surface area (Å²) < 4.78 is 9.55. The van der Waals surface area contributed by atoms with Crippen LogP contribution in [0.4, 0.5) is 0 Å². The van der Waals surface area contributed by atoms with E-state index in [1.165, 1.54) is 7.11 Å². The summed E-state index contributed by atoms with van der Waals surface area (Å²) in [5, 5.41) is 0. The lowest BCUT2D eigenvalue weighted by atomic mass is 9.77. The summed E-state index contributed by atoms with van der Waals surface area (Å²) >= 11 is 1.64. The van der Waals surface area contributed by atoms with Crippen molar-refractivity contribution >= 4 is 23.5 Å². The summed E-state index contributed by atoms with van der Waals surface area (Å²) in [5.41, 5.74) is 5.30. The summed E-state index contributed by atoms with van der Waals surface area (Å²) in [6, 6.07) is 12.1. The number of esters is 1. The van der Waals surface area contributed by atoms with Gasteiger partial charge >= 0.3 is 5.97 Å². The van der Waals surface area contributed by atoms with Crippen LogP contribution in [0, 0.1) is 26.7 Å². The van der Waals surface area contributed by atoms with E-state index in [4.69, 9.17) is 9.47 Å². The lowest BCUT2D eigenvalue weighted by molar-refractivity contribution is -0.143. The molecular weight excluding hydrogens is 420 g/mol. The van der Waals surface area contributed by atoms with Crippen LogP contribution in [0.2, 0.25) is 0 Å². The van der Waals surface area contributed by atoms with Gasteiger partial charge in [-0.2, -0.15) is 0 Å². The van der Waals surface area contributed by atoms with Crippen molar-refractivity contribution in [1.29, 1.82) is 0 Å². The Morgan fingerprint density at radius 1 is 1.00 bits per heavy atom. The molecule has 2 unspecified atom stereocenters. The lowest BCUT2D eigenvalue weighted by Crippen LogP contribution is -2.42. The zero-order valence-corrected chi connectivity index (χ0v) is 21.4. The first kappa shape index (κ1) is 26.0. The maximum atomic E-state index is 14.1. The summed E-state index contributed by atoms with van der Waals surface area (Å²) in [7, 11) is 3.02. The molecule has 0 aliphatic rings. The molecule has 2 rings (SSSR count). The third-order valence-electron chi connectivity index (χ3n) is 6.29. The van der Waals surface area contributed by atoms with Crippen molar-refractivity contribution in [2.75, 3.05) is 14.2 Å². The van der Waals surface area contributed by atoms with E-state index >= 15 is 0 Å². The Morgan fingerprint density at radius 3 is 2.03 bits per heavy atom. The number of ether oxygens (including phenoxy) is 2. The third-order valence-corrected chi connectivity index (χ3v) is 8.04. The second kappa shape index (κ2) is 11.0. The van der Waals surface area contributed by atoms with Crippen molar-refractivity contribution in [3.8, 4) is 5.75 Å². The smallest absolute Gasteiger partial charge is 0.306 e. The fourth-order valence-corrected chi connectivity index (χ4v) is 5.42. The van der Waals surface area contributed by atoms with Gasteiger partial charge in [0.1, 0.15) is 5.75 Å². The van der Waals surface area contributed by atoms with E-state index in [1.807, 2.05) is 52.0 Å². The van der Waals surface area contributed by atoms with Gasteiger partial charge in [-0.15, -0.1) is 11.8 Å². The molecule has 32 heavy (non-hydrogen) atoms. The summed E-state index contributed by atoms with van der Waals surface area (Å²) in [4.78, 5) is 26.5. The zero-order valence-electron chi connectivity index (χ0n) is 20.6. The molecule has 0 aromatic heterocycles. The number of thioether (sulfide) groups is 1. The van der Waals surface area contributed by atoms with Crippen LogP contribution in [0.5, 0.6) is 5.75 Å². The Balaban J connectivity index is 2.43. The fraction of sp³-hybridized carbons (Fsp3) is 0.481. The van der Waals surface area contributed by atoms with E-state index in [9.17, 15) is 9.59 Å². The molecule has 0 saturated heterocycles. The Kier molecular flexibility index (Phi) is 8.97. The maximum absolute atomic E-state index is 14.1. The average Bonchev–Trinajstić information content (AvgIpc) is 2.75. The highest BCUT2D eigenvalue weighted by Crippen LogP contribution is 2.42. The largest absolute Gasteiger partial charge is 0.497 e. The molecule has 0 fully saturated rings. The van der Waals surface area contributed by atoms with Crippen LogP contribution < -0.4 is 4.74 Å². The molecule has 0 aliphatic heterocycles. The topological polar surface area (TPSA) is 52.6 Å². The molecule has 0 amide bonds. The van der Waals surface area contributed by atoms with Gasteiger partial charge in [-0.25, -0.2) is 0 Å². The van der Waals surface area contributed by atoms with Gasteiger partial charge in [0.05, 0.1) is 31.3 Å². The van der Waals surface area contributed by atoms with Crippen LogP contribution >= 0.6 is 11.8 Å². The van der Waals surface area contributed by atoms with Crippen LogP contribution in [0.25, 0.3) is 0 Å². The molecule has 2 aromatic carbocycles. The van der Waals surface area contributed by atoms with Crippen molar-refractivity contribution in [2.45, 2.75) is 64.4 Å². The van der Waals surface area contributed by atoms with Crippen molar-refractivity contribution in [3.63, 3.8) is 0 Å². The van der Waals surface area contributed by atoms with Gasteiger partial charge in [-0.05, 0) is 68.0 Å². The molecule has 174 valence electrons. The van der Waals surface area contributed by atoms with Gasteiger partial charge in [0.15, 0.2) is 5.78 Å². The number of benzene rings is 2. The van der Waals surface area contributed by atoms with Crippen LogP contribution in [0.1, 0.15) is 60.9 Å². The molecule has 2 atom stereocenters. The molecule has 0 spiro atoms. The number of carbonyl (C=O) groups is 2. The van der Waals surface area contributed by atoms with Gasteiger partial charge in [0, 0.05) is 5.75 Å². The van der Waals surface area contributed by atoms with Crippen molar-refractivity contribution in [1.82, 2.24) is 0 Å². The first-order chi connectivity index (χ1) is 15.0. The molecular formula is C27H36O4S. The Labute approximate surface area is 197 Å². The Bertz CT molecular complexity index is 926. The first-order valence-corrected chi connectivity index (χ1v) is 12.0. The van der Waals surface area contributed by atoms with Gasteiger partial charge < -0.3 is 9.47 Å². The second-order valence-corrected chi connectivity index (χ2v) is 10.3. The minimum absolute atomic E-state index is 0.0471. The molecule has 0 radical (unpaired) electrons. The number of methoxy groups -OCH3 is 2. The Morgan fingerprint density at radius 2 is 1.56 bits per heavy atom. The summed E-state index contributed by atoms with van der Waals surface area (Å²) in [5.74, 6) is 0.759. The van der Waals surface area contributed by atoms with E-state index in [1.54, 1.807) is 18.9 Å². The van der Waals surface area contributed by atoms with E-state index in [-0.39, 0.29) is 24.1 Å². The van der Waals surface area contributed by atoms with Crippen LogP contribution in [0.3, 0.4) is 0 Å². The molecule has 2 aromatic rings. The minimum Gasteiger partial charge on any atom is -0.497 e. The van der Waals surface area contributed by atoms with E-state index in [0.717, 1.165) is 33.6 Å². The molecule has 0 bridgehead atoms. The van der Waals surface area contributed by atoms with Gasteiger partial charge in [0.25, 0.3) is 0 Å². The predicted octanol–water partition coefficient (Wildman–Crippen LogP) is 6.18. The number of hydrogen-bond acceptors (Lipinski definition) is 5. The van der Waals surface area contributed by atoms with Gasteiger partial charge in [-0.3, -0.25) is 9.59 Å². The van der Waals surface area contributed by atoms with Crippen LogP contribution in [-0.4, -0.2) is 30.7 Å². The maximum Gasteiger partial charge on any atom is 0.306 e. The molecule has 0 aliphatic carbocycles. The number of rotatable bonds is 10. The van der Waals surface area contributed by atoms with Crippen molar-refractivity contribution in [2.24, 2.45) is 5.92 Å². The first-order valence-electron chi connectivity index (χ1n) is 11.0. The molecule has 0 heterocycles. The molecule has 4 nitrogen and oxygen atoms in total. The minimum atomic E-state index is -0.664. The number of aryl methyl sites for hydroxylation is 3. The van der Waals surface area contributed by atoms with E-state index < -0.39 is 10.7 Å². The number of carbonyl (C=O) groups excluding carboxylic acids is 2. The normalized spacial score (nSPS) is 14.0. The highest BCUT2D eigenvalue weighted by atomic mass is 32.2. The summed E-state index contributed by atoms with van der Waals surface area (Å²) in [6.45, 7) is 12.2. The molecule has 0 N–H and O–H groups in total. The number of ketones is 1. The lowest BCUT2D eigenvalue weighted by Gasteiger charge is -2.36. The molecule has 0 saturated carbocycles. The van der Waals surface area contributed by atoms with Crippen molar-refractivity contribution < 1.29 is 19.1 Å². The quantitative estimate of drug-likeness (QED) is 0.399. The number of Topliss-reactive ketones (excluding diaryl/α,β-unsaturated/α-hetero) is 1.